The van der Waals surface area contributed by atoms with Gasteiger partial charge in [0.05, 0.1) is 0 Å². The summed E-state index contributed by atoms with van der Waals surface area (Å²) in [6.07, 6.45) is 7.17. The fourth-order valence-electron chi connectivity index (χ4n) is 2.39. The molecule has 0 aromatic carbocycles. The normalized spacial score (nSPS) is 43.8. The Labute approximate surface area is 86.3 Å². The minimum atomic E-state index is 0.902. The van der Waals surface area contributed by atoms with Gasteiger partial charge in [0.25, 0.3) is 0 Å². The quantitative estimate of drug-likeness (QED) is 0.642. The van der Waals surface area contributed by atoms with E-state index in [1.165, 1.54) is 38.0 Å². The molecule has 13 heavy (non-hydrogen) atoms. The molecule has 2 aliphatic heterocycles. The van der Waals surface area contributed by atoms with Crippen molar-refractivity contribution in [2.24, 2.45) is 0 Å². The van der Waals surface area contributed by atoms with Crippen molar-refractivity contribution in [2.75, 3.05) is 5.88 Å². The van der Waals surface area contributed by atoms with Gasteiger partial charge in [-0.25, -0.2) is 0 Å². The summed E-state index contributed by atoms with van der Waals surface area (Å²) in [5, 5.41) is 0.972. The molecule has 0 aromatic heterocycles. The fraction of sp³-hybridized carbons (Fsp3) is 1.00. The summed E-state index contributed by atoms with van der Waals surface area (Å²) in [6.45, 7) is 4.67. The predicted octanol–water partition coefficient (Wildman–Crippen LogP) is 3.10. The summed E-state index contributed by atoms with van der Waals surface area (Å²) in [7, 11) is 0. The zero-order valence-corrected chi connectivity index (χ0v) is 9.65. The highest BCUT2D eigenvalue weighted by Gasteiger charge is 2.44. The SMILES string of the molecule is CCCCC1CCC2C(C)N2CS1. The van der Waals surface area contributed by atoms with E-state index < -0.39 is 0 Å². The Morgan fingerprint density at radius 2 is 2.23 bits per heavy atom. The van der Waals surface area contributed by atoms with Crippen molar-refractivity contribution in [3.63, 3.8) is 0 Å². The molecule has 0 bridgehead atoms. The van der Waals surface area contributed by atoms with Gasteiger partial charge in [-0.05, 0) is 26.2 Å². The van der Waals surface area contributed by atoms with Crippen LogP contribution in [0.15, 0.2) is 0 Å². The summed E-state index contributed by atoms with van der Waals surface area (Å²) in [5.41, 5.74) is 0. The van der Waals surface area contributed by atoms with E-state index in [1.807, 2.05) is 0 Å². The lowest BCUT2D eigenvalue weighted by molar-refractivity contribution is 0.550. The lowest BCUT2D eigenvalue weighted by atomic mass is 10.1. The third-order valence-corrected chi connectivity index (χ3v) is 4.93. The van der Waals surface area contributed by atoms with Crippen molar-refractivity contribution in [3.8, 4) is 0 Å². The number of nitrogens with zero attached hydrogens (tertiary/aromatic N) is 1. The smallest absolute Gasteiger partial charge is 0.0454 e. The second-order valence-corrected chi connectivity index (χ2v) is 5.72. The highest BCUT2D eigenvalue weighted by atomic mass is 32.2. The molecule has 2 rings (SSSR count). The first-order valence-electron chi connectivity index (χ1n) is 5.70. The van der Waals surface area contributed by atoms with E-state index in [1.54, 1.807) is 0 Å². The molecule has 2 aliphatic rings. The van der Waals surface area contributed by atoms with Crippen LogP contribution in [0.4, 0.5) is 0 Å². The maximum absolute atomic E-state index is 2.65. The maximum Gasteiger partial charge on any atom is 0.0454 e. The third-order valence-electron chi connectivity index (χ3n) is 3.54. The van der Waals surface area contributed by atoms with Crippen LogP contribution in [0.5, 0.6) is 0 Å². The van der Waals surface area contributed by atoms with Gasteiger partial charge in [-0.2, -0.15) is 0 Å². The molecule has 2 fully saturated rings. The van der Waals surface area contributed by atoms with E-state index in [0.29, 0.717) is 0 Å². The minimum Gasteiger partial charge on any atom is -0.285 e. The number of fused-ring (bicyclic) bond motifs is 1. The average molecular weight is 199 g/mol. The summed E-state index contributed by atoms with van der Waals surface area (Å²) in [6, 6.07) is 1.86. The standard InChI is InChI=1S/C11H21NS/c1-3-4-5-10-6-7-11-9(2)12(11)8-13-10/h9-11H,3-8H2,1-2H3. The van der Waals surface area contributed by atoms with Crippen LogP contribution in [0.1, 0.15) is 46.0 Å². The van der Waals surface area contributed by atoms with Gasteiger partial charge < -0.3 is 0 Å². The molecule has 0 amide bonds. The van der Waals surface area contributed by atoms with Crippen LogP contribution in [0, 0.1) is 0 Å². The molecule has 0 radical (unpaired) electrons. The van der Waals surface area contributed by atoms with Gasteiger partial charge in [-0.15, -0.1) is 11.8 Å². The Bertz CT molecular complexity index is 157. The third kappa shape index (κ3) is 2.21. The Kier molecular flexibility index (Phi) is 3.20. The highest BCUT2D eigenvalue weighted by Crippen LogP contribution is 2.40. The number of rotatable bonds is 3. The molecule has 0 aliphatic carbocycles. The van der Waals surface area contributed by atoms with Crippen molar-refractivity contribution < 1.29 is 0 Å². The monoisotopic (exact) mass is 199 g/mol. The van der Waals surface area contributed by atoms with Crippen molar-refractivity contribution in [3.05, 3.63) is 0 Å². The topological polar surface area (TPSA) is 3.01 Å². The van der Waals surface area contributed by atoms with E-state index in [0.717, 1.165) is 17.3 Å². The van der Waals surface area contributed by atoms with Crippen LogP contribution in [0.3, 0.4) is 0 Å². The second kappa shape index (κ2) is 4.22. The summed E-state index contributed by atoms with van der Waals surface area (Å²) in [4.78, 5) is 2.65. The van der Waals surface area contributed by atoms with Crippen molar-refractivity contribution >= 4 is 11.8 Å². The van der Waals surface area contributed by atoms with E-state index in [-0.39, 0.29) is 0 Å². The van der Waals surface area contributed by atoms with Crippen LogP contribution in [-0.4, -0.2) is 28.1 Å². The van der Waals surface area contributed by atoms with Crippen LogP contribution in [-0.2, 0) is 0 Å². The molecule has 0 spiro atoms. The van der Waals surface area contributed by atoms with Crippen molar-refractivity contribution in [1.82, 2.24) is 4.90 Å². The fourth-order valence-corrected chi connectivity index (χ4v) is 3.84. The van der Waals surface area contributed by atoms with Crippen molar-refractivity contribution in [1.29, 1.82) is 0 Å². The lowest BCUT2D eigenvalue weighted by Crippen LogP contribution is -2.06. The van der Waals surface area contributed by atoms with Gasteiger partial charge in [-0.1, -0.05) is 19.8 Å². The molecule has 0 saturated carbocycles. The first-order chi connectivity index (χ1) is 6.33. The molecule has 2 saturated heterocycles. The predicted molar refractivity (Wildman–Crippen MR) is 60.1 cm³/mol. The average Bonchev–Trinajstić information content (AvgIpc) is 2.80. The molecule has 4 unspecified atom stereocenters. The van der Waals surface area contributed by atoms with E-state index in [2.05, 4.69) is 30.5 Å². The molecule has 4 atom stereocenters. The van der Waals surface area contributed by atoms with E-state index >= 15 is 0 Å². The van der Waals surface area contributed by atoms with Gasteiger partial charge in [0.1, 0.15) is 0 Å². The van der Waals surface area contributed by atoms with Crippen LogP contribution < -0.4 is 0 Å². The maximum atomic E-state index is 2.65. The van der Waals surface area contributed by atoms with E-state index in [4.69, 9.17) is 0 Å². The van der Waals surface area contributed by atoms with Gasteiger partial charge >= 0.3 is 0 Å². The van der Waals surface area contributed by atoms with E-state index in [9.17, 15) is 0 Å². The Hall–Kier alpha value is 0.310. The van der Waals surface area contributed by atoms with Gasteiger partial charge in [0, 0.05) is 23.2 Å². The Balaban J connectivity index is 1.72. The van der Waals surface area contributed by atoms with Gasteiger partial charge in [-0.3, -0.25) is 4.90 Å². The number of hydrogen-bond acceptors (Lipinski definition) is 2. The molecule has 2 heterocycles. The summed E-state index contributed by atoms with van der Waals surface area (Å²) in [5.74, 6) is 1.31. The van der Waals surface area contributed by atoms with Crippen molar-refractivity contribution in [2.45, 2.75) is 63.3 Å². The zero-order valence-electron chi connectivity index (χ0n) is 8.83. The number of hydrogen-bond donors (Lipinski definition) is 0. The largest absolute Gasteiger partial charge is 0.285 e. The molecule has 76 valence electrons. The van der Waals surface area contributed by atoms with Crippen LogP contribution in [0.2, 0.25) is 0 Å². The minimum absolute atomic E-state index is 0.902. The summed E-state index contributed by atoms with van der Waals surface area (Å²) >= 11 is 2.20. The molecule has 0 N–H and O–H groups in total. The lowest BCUT2D eigenvalue weighted by Gasteiger charge is -2.13. The molecule has 1 nitrogen and oxygen atoms in total. The Morgan fingerprint density at radius 1 is 1.38 bits per heavy atom. The first-order valence-corrected chi connectivity index (χ1v) is 6.75. The molecule has 2 heteroatoms. The number of thioether (sulfide) groups is 1. The van der Waals surface area contributed by atoms with Gasteiger partial charge in [0.15, 0.2) is 0 Å². The van der Waals surface area contributed by atoms with Crippen LogP contribution >= 0.6 is 11.8 Å². The summed E-state index contributed by atoms with van der Waals surface area (Å²) < 4.78 is 0. The zero-order chi connectivity index (χ0) is 9.26. The molecular formula is C11H21NS. The molecular weight excluding hydrogens is 178 g/mol. The van der Waals surface area contributed by atoms with Gasteiger partial charge in [0.2, 0.25) is 0 Å². The molecule has 0 aromatic rings. The van der Waals surface area contributed by atoms with Crippen LogP contribution in [0.25, 0.3) is 0 Å². The Morgan fingerprint density at radius 3 is 3.00 bits per heavy atom. The number of unbranched alkanes of at least 4 members (excludes halogenated alkanes) is 1. The second-order valence-electron chi connectivity index (χ2n) is 4.46. The highest BCUT2D eigenvalue weighted by molar-refractivity contribution is 7.99. The first kappa shape index (κ1) is 9.85.